The second-order valence-electron chi connectivity index (χ2n) is 7.27. The van der Waals surface area contributed by atoms with E-state index in [1.54, 1.807) is 12.4 Å². The number of hydrogen-bond acceptors (Lipinski definition) is 6. The first-order valence-electron chi connectivity index (χ1n) is 9.50. The van der Waals surface area contributed by atoms with Gasteiger partial charge >= 0.3 is 5.97 Å². The van der Waals surface area contributed by atoms with Crippen molar-refractivity contribution in [1.29, 1.82) is 5.26 Å². The number of aromatic carboxylic acids is 1. The van der Waals surface area contributed by atoms with E-state index in [9.17, 15) is 19.6 Å². The molecule has 0 atom stereocenters. The molecule has 0 saturated carbocycles. The molecule has 3 aromatic rings. The average molecular weight is 406 g/mol. The molecule has 9 heteroatoms. The summed E-state index contributed by atoms with van der Waals surface area (Å²) in [7, 11) is 1.92. The van der Waals surface area contributed by atoms with E-state index in [1.165, 1.54) is 24.4 Å². The Hall–Kier alpha value is -3.80. The average Bonchev–Trinajstić information content (AvgIpc) is 3.19. The Bertz CT molecular complexity index is 1130. The number of carboxylic acids is 1. The smallest absolute Gasteiger partial charge is 0.335 e. The fourth-order valence-electron chi connectivity index (χ4n) is 3.96. The molecule has 0 radical (unpaired) electrons. The zero-order chi connectivity index (χ0) is 21.3. The van der Waals surface area contributed by atoms with Gasteiger partial charge in [0.15, 0.2) is 0 Å². The second kappa shape index (κ2) is 7.91. The van der Waals surface area contributed by atoms with Crippen LogP contribution in [0, 0.1) is 17.3 Å². The number of aryl methyl sites for hydroxylation is 1. The summed E-state index contributed by atoms with van der Waals surface area (Å²) in [5.41, 5.74) is 2.03. The summed E-state index contributed by atoms with van der Waals surface area (Å²) in [5, 5.41) is 27.4. The van der Waals surface area contributed by atoms with Crippen molar-refractivity contribution in [3.8, 4) is 17.2 Å². The van der Waals surface area contributed by atoms with Crippen molar-refractivity contribution < 1.29 is 14.3 Å². The number of piperidine rings is 1. The number of hydrogen-bond donors (Lipinski definition) is 1. The van der Waals surface area contributed by atoms with E-state index in [1.807, 2.05) is 11.6 Å². The minimum Gasteiger partial charge on any atom is -0.478 e. The van der Waals surface area contributed by atoms with Crippen molar-refractivity contribution in [2.24, 2.45) is 7.05 Å². The Balaban J connectivity index is 1.73. The molecular weight excluding hydrogens is 387 g/mol. The fraction of sp³-hybridized carbons (Fsp3) is 0.286. The molecule has 2 aromatic heterocycles. The summed E-state index contributed by atoms with van der Waals surface area (Å²) in [6.45, 7) is 1.33. The predicted octanol–water partition coefficient (Wildman–Crippen LogP) is 2.97. The van der Waals surface area contributed by atoms with E-state index < -0.39 is 11.9 Å². The number of carbonyl (C=O) groups is 1. The maximum absolute atomic E-state index is 13.3. The lowest BCUT2D eigenvalue weighted by Gasteiger charge is -2.35. The quantitative estimate of drug-likeness (QED) is 0.664. The summed E-state index contributed by atoms with van der Waals surface area (Å²) in [6.07, 6.45) is 4.67. The Labute approximate surface area is 172 Å². The second-order valence-corrected chi connectivity index (χ2v) is 7.27. The number of pyridine rings is 1. The van der Waals surface area contributed by atoms with Crippen molar-refractivity contribution in [2.45, 2.75) is 18.8 Å². The highest BCUT2D eigenvalue weighted by atomic mass is 19.1. The van der Waals surface area contributed by atoms with Gasteiger partial charge in [0.05, 0.1) is 16.8 Å². The third-order valence-electron chi connectivity index (χ3n) is 5.44. The molecule has 0 bridgehead atoms. The van der Waals surface area contributed by atoms with Gasteiger partial charge in [-0.25, -0.2) is 9.78 Å². The van der Waals surface area contributed by atoms with E-state index in [0.717, 1.165) is 18.7 Å². The van der Waals surface area contributed by atoms with Crippen LogP contribution in [-0.2, 0) is 7.05 Å². The largest absolute Gasteiger partial charge is 0.478 e. The van der Waals surface area contributed by atoms with Gasteiger partial charge in [-0.05, 0) is 37.1 Å². The molecule has 4 rings (SSSR count). The molecule has 1 aromatic carbocycles. The van der Waals surface area contributed by atoms with Crippen LogP contribution >= 0.6 is 0 Å². The SMILES string of the molecule is Cn1cnnc1C1CCN(c2c(C#N)cc(C(=O)O)cc2-c2ccc(F)nc2)CC1. The zero-order valence-corrected chi connectivity index (χ0v) is 16.3. The van der Waals surface area contributed by atoms with Crippen LogP contribution in [0.15, 0.2) is 36.8 Å². The van der Waals surface area contributed by atoms with Gasteiger partial charge in [0.1, 0.15) is 18.2 Å². The summed E-state index contributed by atoms with van der Waals surface area (Å²) >= 11 is 0. The summed E-state index contributed by atoms with van der Waals surface area (Å²) < 4.78 is 15.3. The lowest BCUT2D eigenvalue weighted by atomic mass is 9.92. The molecule has 3 heterocycles. The molecule has 152 valence electrons. The van der Waals surface area contributed by atoms with E-state index in [2.05, 4.69) is 26.2 Å². The summed E-state index contributed by atoms with van der Waals surface area (Å²) in [4.78, 5) is 17.4. The molecule has 1 saturated heterocycles. The molecule has 0 amide bonds. The van der Waals surface area contributed by atoms with Crippen molar-refractivity contribution in [1.82, 2.24) is 19.7 Å². The maximum atomic E-state index is 13.3. The normalized spacial score (nSPS) is 14.5. The van der Waals surface area contributed by atoms with Crippen LogP contribution in [0.25, 0.3) is 11.1 Å². The van der Waals surface area contributed by atoms with Crippen LogP contribution in [0.1, 0.15) is 40.5 Å². The monoisotopic (exact) mass is 406 g/mol. The molecule has 1 aliphatic rings. The standard InChI is InChI=1S/C21H19FN6O2/c1-27-12-25-26-20(27)13-4-6-28(7-5-13)19-16(10-23)8-15(21(29)30)9-17(19)14-2-3-18(22)24-11-14/h2-3,8-9,11-13H,4-7H2,1H3,(H,29,30). The minimum absolute atomic E-state index is 0.00333. The summed E-state index contributed by atoms with van der Waals surface area (Å²) in [5.74, 6) is -0.567. The molecule has 1 N–H and O–H groups in total. The van der Waals surface area contributed by atoms with E-state index in [0.29, 0.717) is 29.9 Å². The predicted molar refractivity (Wildman–Crippen MR) is 106 cm³/mol. The number of halogens is 1. The number of rotatable bonds is 4. The lowest BCUT2D eigenvalue weighted by Crippen LogP contribution is -2.34. The molecule has 0 spiro atoms. The topological polar surface area (TPSA) is 108 Å². The lowest BCUT2D eigenvalue weighted by molar-refractivity contribution is 0.0697. The number of carboxylic acid groups (broad SMARTS) is 1. The van der Waals surface area contributed by atoms with Crippen molar-refractivity contribution >= 4 is 11.7 Å². The van der Waals surface area contributed by atoms with E-state index in [4.69, 9.17) is 0 Å². The Kier molecular flexibility index (Phi) is 5.14. The van der Waals surface area contributed by atoms with E-state index in [-0.39, 0.29) is 17.0 Å². The molecule has 8 nitrogen and oxygen atoms in total. The van der Waals surface area contributed by atoms with Crippen molar-refractivity contribution in [2.75, 3.05) is 18.0 Å². The molecule has 1 aliphatic heterocycles. The van der Waals surface area contributed by atoms with Gasteiger partial charge in [-0.3, -0.25) is 0 Å². The highest BCUT2D eigenvalue weighted by molar-refractivity contribution is 5.94. The molecule has 0 aliphatic carbocycles. The van der Waals surface area contributed by atoms with Crippen molar-refractivity contribution in [3.05, 3.63) is 59.7 Å². The molecular formula is C21H19FN6O2. The number of benzene rings is 1. The highest BCUT2D eigenvalue weighted by Gasteiger charge is 2.28. The summed E-state index contributed by atoms with van der Waals surface area (Å²) in [6, 6.07) is 7.79. The Morgan fingerprint density at radius 1 is 1.30 bits per heavy atom. The van der Waals surface area contributed by atoms with Crippen LogP contribution in [0.2, 0.25) is 0 Å². The third-order valence-corrected chi connectivity index (χ3v) is 5.44. The van der Waals surface area contributed by atoms with Crippen LogP contribution in [0.4, 0.5) is 10.1 Å². The van der Waals surface area contributed by atoms with Gasteiger partial charge in [-0.2, -0.15) is 9.65 Å². The van der Waals surface area contributed by atoms with Crippen LogP contribution < -0.4 is 4.90 Å². The van der Waals surface area contributed by atoms with Gasteiger partial charge in [0.25, 0.3) is 0 Å². The van der Waals surface area contributed by atoms with Crippen molar-refractivity contribution in [3.63, 3.8) is 0 Å². The Morgan fingerprint density at radius 3 is 2.63 bits per heavy atom. The maximum Gasteiger partial charge on any atom is 0.335 e. The number of nitrogens with zero attached hydrogens (tertiary/aromatic N) is 6. The molecule has 1 fully saturated rings. The van der Waals surface area contributed by atoms with Crippen LogP contribution in [0.5, 0.6) is 0 Å². The van der Waals surface area contributed by atoms with Gasteiger partial charge in [-0.1, -0.05) is 0 Å². The zero-order valence-electron chi connectivity index (χ0n) is 16.3. The minimum atomic E-state index is -1.13. The Morgan fingerprint density at radius 2 is 2.07 bits per heavy atom. The highest BCUT2D eigenvalue weighted by Crippen LogP contribution is 2.38. The number of aromatic nitrogens is 4. The van der Waals surface area contributed by atoms with Gasteiger partial charge in [0, 0.05) is 43.4 Å². The number of nitriles is 1. The van der Waals surface area contributed by atoms with Crippen LogP contribution in [-0.4, -0.2) is 43.9 Å². The third kappa shape index (κ3) is 3.59. The molecule has 30 heavy (non-hydrogen) atoms. The van der Waals surface area contributed by atoms with Gasteiger partial charge < -0.3 is 14.6 Å². The van der Waals surface area contributed by atoms with E-state index >= 15 is 0 Å². The molecule has 0 unspecified atom stereocenters. The first-order valence-corrected chi connectivity index (χ1v) is 9.50. The first kappa shape index (κ1) is 19.5. The van der Waals surface area contributed by atoms with Gasteiger partial charge in [0.2, 0.25) is 5.95 Å². The van der Waals surface area contributed by atoms with Gasteiger partial charge in [-0.15, -0.1) is 10.2 Å². The number of anilines is 1. The van der Waals surface area contributed by atoms with Crippen LogP contribution in [0.3, 0.4) is 0 Å². The first-order chi connectivity index (χ1) is 14.5. The fourth-order valence-corrected chi connectivity index (χ4v) is 3.96.